The maximum atomic E-state index is 2.67. The zero-order chi connectivity index (χ0) is 47.6. The smallest absolute Gasteiger partial charge is 0.252 e. The van der Waals surface area contributed by atoms with Crippen LogP contribution in [0.15, 0.2) is 194 Å². The normalized spacial score (nSPS) is 15.6. The molecule has 0 atom stereocenters. The van der Waals surface area contributed by atoms with E-state index in [0.29, 0.717) is 0 Å². The molecule has 338 valence electrons. The summed E-state index contributed by atoms with van der Waals surface area (Å²) in [7, 11) is 0. The van der Waals surface area contributed by atoms with E-state index >= 15 is 0 Å². The Balaban J connectivity index is 1.12. The van der Waals surface area contributed by atoms with E-state index in [-0.39, 0.29) is 23.0 Å². The third-order valence-electron chi connectivity index (χ3n) is 16.7. The van der Waals surface area contributed by atoms with E-state index in [9.17, 15) is 0 Å². The lowest BCUT2D eigenvalue weighted by atomic mass is 9.32. The summed E-state index contributed by atoms with van der Waals surface area (Å²) in [5.74, 6) is 0. The average Bonchev–Trinajstić information content (AvgIpc) is 3.66. The topological polar surface area (TPSA) is 9.72 Å². The van der Waals surface area contributed by atoms with Gasteiger partial charge in [0.1, 0.15) is 0 Å². The van der Waals surface area contributed by atoms with Crippen molar-refractivity contribution in [2.75, 3.05) is 14.7 Å². The fraction of sp³-hybridized carbons (Fsp3) is 0.182. The molecule has 0 saturated carbocycles. The number of hydrogen-bond donors (Lipinski definition) is 0. The largest absolute Gasteiger partial charge is 0.311 e. The van der Waals surface area contributed by atoms with Crippen LogP contribution in [0.5, 0.6) is 0 Å². The van der Waals surface area contributed by atoms with Crippen molar-refractivity contribution in [3.63, 3.8) is 0 Å². The Morgan fingerprint density at radius 2 is 0.800 bits per heavy atom. The molecule has 3 nitrogen and oxygen atoms in total. The van der Waals surface area contributed by atoms with Gasteiger partial charge in [-0.2, -0.15) is 0 Å². The van der Waals surface area contributed by atoms with Crippen molar-refractivity contribution >= 4 is 74.3 Å². The minimum Gasteiger partial charge on any atom is -0.311 e. The molecule has 0 radical (unpaired) electrons. The lowest BCUT2D eigenvalue weighted by molar-refractivity contribution is 0.590. The summed E-state index contributed by atoms with van der Waals surface area (Å²) in [4.78, 5) is 7.82. The summed E-state index contributed by atoms with van der Waals surface area (Å²) in [6.07, 6.45) is 0. The van der Waals surface area contributed by atoms with Gasteiger partial charge < -0.3 is 14.7 Å². The molecule has 9 aromatic carbocycles. The Hall–Kier alpha value is -7.56. The van der Waals surface area contributed by atoms with Crippen molar-refractivity contribution in [3.05, 3.63) is 239 Å². The minimum absolute atomic E-state index is 0.0164. The highest BCUT2D eigenvalue weighted by Crippen LogP contribution is 2.64. The molecule has 0 bridgehead atoms. The van der Waals surface area contributed by atoms with E-state index in [2.05, 4.69) is 264 Å². The predicted octanol–water partition coefficient (Wildman–Crippen LogP) is 15.1. The van der Waals surface area contributed by atoms with E-state index < -0.39 is 5.41 Å². The Morgan fingerprint density at radius 1 is 0.386 bits per heavy atom. The molecule has 5 aliphatic rings. The van der Waals surface area contributed by atoms with Crippen LogP contribution >= 0.6 is 0 Å². The highest BCUT2D eigenvalue weighted by Gasteiger charge is 2.56. The van der Waals surface area contributed by atoms with Crippen molar-refractivity contribution in [1.82, 2.24) is 0 Å². The van der Waals surface area contributed by atoms with Gasteiger partial charge in [0.25, 0.3) is 6.71 Å². The van der Waals surface area contributed by atoms with Crippen LogP contribution in [0.3, 0.4) is 0 Å². The molecule has 4 heterocycles. The average molecular weight is 902 g/mol. The summed E-state index contributed by atoms with van der Waals surface area (Å²) >= 11 is 0. The van der Waals surface area contributed by atoms with Gasteiger partial charge in [0, 0.05) is 39.5 Å². The van der Waals surface area contributed by atoms with Crippen LogP contribution < -0.4 is 31.1 Å². The van der Waals surface area contributed by atoms with Gasteiger partial charge in [0.2, 0.25) is 0 Å². The Bertz CT molecular complexity index is 3580. The number of fused-ring (bicyclic) bond motifs is 15. The number of hydrogen-bond acceptors (Lipinski definition) is 3. The summed E-state index contributed by atoms with van der Waals surface area (Å²) in [6.45, 7) is 18.6. The van der Waals surface area contributed by atoms with E-state index in [1.54, 1.807) is 0 Å². The Morgan fingerprint density at radius 3 is 1.31 bits per heavy atom. The van der Waals surface area contributed by atoms with Gasteiger partial charge in [-0.1, -0.05) is 201 Å². The maximum absolute atomic E-state index is 2.67. The molecule has 1 aliphatic carbocycles. The van der Waals surface area contributed by atoms with Gasteiger partial charge in [0.15, 0.2) is 0 Å². The Labute approximate surface area is 413 Å². The van der Waals surface area contributed by atoms with Crippen molar-refractivity contribution in [3.8, 4) is 11.1 Å². The van der Waals surface area contributed by atoms with Gasteiger partial charge in [-0.3, -0.25) is 0 Å². The lowest BCUT2D eigenvalue weighted by Gasteiger charge is -2.52. The molecule has 0 aromatic heterocycles. The van der Waals surface area contributed by atoms with Gasteiger partial charge in [-0.15, -0.1) is 0 Å². The molecule has 4 aliphatic heterocycles. The number of nitrogens with zero attached hydrogens (tertiary/aromatic N) is 3. The van der Waals surface area contributed by atoms with Gasteiger partial charge in [-0.25, -0.2) is 0 Å². The van der Waals surface area contributed by atoms with Crippen LogP contribution in [0.25, 0.3) is 11.1 Å². The van der Waals surface area contributed by atoms with Gasteiger partial charge >= 0.3 is 0 Å². The van der Waals surface area contributed by atoms with Crippen LogP contribution in [-0.2, 0) is 21.7 Å². The molecule has 4 heteroatoms. The monoisotopic (exact) mass is 901 g/mol. The standard InChI is InChI=1S/C66H56BN3/c1-63(2,3)41-31-35-43(36-32-41)68(44-37-33-42(34-38-44)64(4,5)6)45-39-58-60-59(40-45)70-57-30-16-14-24-51(57)66(48-21-11-9-19-46(48)47-20-10-12-22-49(47)66)53-26-18-28-55(62(53)70)67(60)54-27-17-25-52-61(54)69(58)56-29-15-13-23-50(56)65(52,7)8/h9-40H,1-8H3. The first-order valence-electron chi connectivity index (χ1n) is 25.2. The highest BCUT2D eigenvalue weighted by molar-refractivity contribution is 7.00. The first-order chi connectivity index (χ1) is 33.8. The summed E-state index contributed by atoms with van der Waals surface area (Å²) < 4.78 is 0. The molecule has 9 aromatic rings. The molecule has 1 spiro atoms. The lowest BCUT2D eigenvalue weighted by Crippen LogP contribution is -2.63. The van der Waals surface area contributed by atoms with E-state index in [0.717, 1.165) is 17.1 Å². The Kier molecular flexibility index (Phi) is 8.31. The molecule has 70 heavy (non-hydrogen) atoms. The molecule has 14 rings (SSSR count). The van der Waals surface area contributed by atoms with Crippen molar-refractivity contribution in [2.45, 2.75) is 77.0 Å². The van der Waals surface area contributed by atoms with E-state index in [4.69, 9.17) is 0 Å². The van der Waals surface area contributed by atoms with Gasteiger partial charge in [0.05, 0.1) is 22.5 Å². The fourth-order valence-electron chi connectivity index (χ4n) is 13.5. The number of benzene rings is 9. The second kappa shape index (κ2) is 14.0. The van der Waals surface area contributed by atoms with Crippen LogP contribution in [-0.4, -0.2) is 6.71 Å². The maximum Gasteiger partial charge on any atom is 0.252 e. The van der Waals surface area contributed by atoms with Crippen molar-refractivity contribution in [2.24, 2.45) is 0 Å². The third kappa shape index (κ3) is 5.32. The summed E-state index contributed by atoms with van der Waals surface area (Å²) in [5, 5.41) is 0. The quantitative estimate of drug-likeness (QED) is 0.164. The van der Waals surface area contributed by atoms with E-state index in [1.807, 2.05) is 0 Å². The summed E-state index contributed by atoms with van der Waals surface area (Å²) in [6, 6.07) is 74.9. The molecule has 0 N–H and O–H groups in total. The third-order valence-corrected chi connectivity index (χ3v) is 16.7. The first kappa shape index (κ1) is 41.4. The molecule has 0 fully saturated rings. The van der Waals surface area contributed by atoms with E-state index in [1.165, 1.54) is 106 Å². The van der Waals surface area contributed by atoms with Crippen LogP contribution in [0, 0.1) is 0 Å². The molecular weight excluding hydrogens is 846 g/mol. The number of anilines is 9. The van der Waals surface area contributed by atoms with Crippen molar-refractivity contribution in [1.29, 1.82) is 0 Å². The molecule has 0 unspecified atom stereocenters. The van der Waals surface area contributed by atoms with Crippen LogP contribution in [0.2, 0.25) is 0 Å². The molecular formula is C66H56BN3. The zero-order valence-corrected chi connectivity index (χ0v) is 41.4. The van der Waals surface area contributed by atoms with Crippen LogP contribution in [0.4, 0.5) is 51.2 Å². The minimum atomic E-state index is -0.517. The van der Waals surface area contributed by atoms with Crippen LogP contribution in [0.1, 0.15) is 99.9 Å². The summed E-state index contributed by atoms with van der Waals surface area (Å²) in [5.41, 5.74) is 27.6. The van der Waals surface area contributed by atoms with Gasteiger partial charge in [-0.05, 0) is 131 Å². The SMILES string of the molecule is CC(C)(C)c1ccc(N(c2ccc(C(C)(C)C)cc2)c2cc3c4c(c2)N2c5ccccc5C5(c6ccccc6-c6ccccc65)c5cccc(c52)B4c2cccc4c2N3c2ccccc2C4(C)C)cc1. The second-order valence-corrected chi connectivity index (χ2v) is 22.9. The number of rotatable bonds is 3. The fourth-order valence-corrected chi connectivity index (χ4v) is 13.5. The first-order valence-corrected chi connectivity index (χ1v) is 25.2. The predicted molar refractivity (Wildman–Crippen MR) is 296 cm³/mol. The molecule has 0 saturated heterocycles. The number of para-hydroxylation sites is 4. The highest BCUT2D eigenvalue weighted by atomic mass is 15.2. The second-order valence-electron chi connectivity index (χ2n) is 22.9. The zero-order valence-electron chi connectivity index (χ0n) is 41.4. The molecule has 0 amide bonds. The van der Waals surface area contributed by atoms with Crippen molar-refractivity contribution < 1.29 is 0 Å².